The SMILES string of the molecule is COc1cc(C)c(C(N)C(C#N)C(C)C)cc1C. The second kappa shape index (κ2) is 5.88. The van der Waals surface area contributed by atoms with Crippen LogP contribution in [0.1, 0.15) is 36.6 Å². The van der Waals surface area contributed by atoms with Crippen molar-refractivity contribution in [3.63, 3.8) is 0 Å². The molecule has 0 aliphatic heterocycles. The van der Waals surface area contributed by atoms with Crippen LogP contribution in [-0.2, 0) is 0 Å². The molecule has 0 aromatic heterocycles. The van der Waals surface area contributed by atoms with Crippen LogP contribution in [-0.4, -0.2) is 7.11 Å². The Bertz CT molecular complexity index is 460. The Kier molecular flexibility index (Phi) is 4.75. The molecule has 1 aromatic rings. The summed E-state index contributed by atoms with van der Waals surface area (Å²) in [4.78, 5) is 0. The zero-order valence-electron chi connectivity index (χ0n) is 11.8. The van der Waals surface area contributed by atoms with Crippen molar-refractivity contribution >= 4 is 0 Å². The standard InChI is InChI=1S/C15H22N2O/c1-9(2)13(8-16)15(17)12-6-11(4)14(18-5)7-10(12)3/h6-7,9,13,15H,17H2,1-5H3. The number of hydrogen-bond donors (Lipinski definition) is 1. The van der Waals surface area contributed by atoms with Crippen LogP contribution in [0.5, 0.6) is 5.75 Å². The fourth-order valence-corrected chi connectivity index (χ4v) is 2.23. The van der Waals surface area contributed by atoms with Crippen LogP contribution < -0.4 is 10.5 Å². The van der Waals surface area contributed by atoms with Crippen LogP contribution in [0, 0.1) is 37.0 Å². The summed E-state index contributed by atoms with van der Waals surface area (Å²) in [6.07, 6.45) is 0. The van der Waals surface area contributed by atoms with E-state index in [2.05, 4.69) is 6.07 Å². The van der Waals surface area contributed by atoms with Crippen LogP contribution in [0.15, 0.2) is 12.1 Å². The Morgan fingerprint density at radius 2 is 1.83 bits per heavy atom. The molecule has 0 bridgehead atoms. The molecule has 0 aliphatic rings. The van der Waals surface area contributed by atoms with Crippen molar-refractivity contribution in [1.29, 1.82) is 5.26 Å². The van der Waals surface area contributed by atoms with Gasteiger partial charge in [-0.15, -0.1) is 0 Å². The van der Waals surface area contributed by atoms with Gasteiger partial charge in [-0.2, -0.15) is 5.26 Å². The number of nitrogens with zero attached hydrogens (tertiary/aromatic N) is 1. The summed E-state index contributed by atoms with van der Waals surface area (Å²) < 4.78 is 5.29. The molecule has 3 heteroatoms. The first kappa shape index (κ1) is 14.5. The van der Waals surface area contributed by atoms with E-state index in [1.807, 2.05) is 39.8 Å². The molecule has 0 aliphatic carbocycles. The average molecular weight is 246 g/mol. The molecule has 0 heterocycles. The fourth-order valence-electron chi connectivity index (χ4n) is 2.23. The van der Waals surface area contributed by atoms with Crippen LogP contribution in [0.2, 0.25) is 0 Å². The highest BCUT2D eigenvalue weighted by atomic mass is 16.5. The average Bonchev–Trinajstić information content (AvgIpc) is 2.31. The van der Waals surface area contributed by atoms with Crippen LogP contribution in [0.25, 0.3) is 0 Å². The Morgan fingerprint density at radius 3 is 2.28 bits per heavy atom. The maximum absolute atomic E-state index is 9.23. The van der Waals surface area contributed by atoms with E-state index < -0.39 is 0 Å². The van der Waals surface area contributed by atoms with E-state index in [0.29, 0.717) is 0 Å². The number of methoxy groups -OCH3 is 1. The minimum Gasteiger partial charge on any atom is -0.496 e. The number of nitrogens with two attached hydrogens (primary N) is 1. The third-order valence-electron chi connectivity index (χ3n) is 3.40. The Morgan fingerprint density at radius 1 is 1.22 bits per heavy atom. The molecule has 18 heavy (non-hydrogen) atoms. The summed E-state index contributed by atoms with van der Waals surface area (Å²) >= 11 is 0. The first-order valence-electron chi connectivity index (χ1n) is 6.22. The summed E-state index contributed by atoms with van der Waals surface area (Å²) in [6.45, 7) is 8.05. The highest BCUT2D eigenvalue weighted by Gasteiger charge is 2.24. The van der Waals surface area contributed by atoms with Gasteiger partial charge in [0.1, 0.15) is 5.75 Å². The number of rotatable bonds is 4. The number of hydrogen-bond acceptors (Lipinski definition) is 3. The van der Waals surface area contributed by atoms with E-state index in [1.165, 1.54) is 0 Å². The topological polar surface area (TPSA) is 59.0 Å². The van der Waals surface area contributed by atoms with Gasteiger partial charge in [-0.25, -0.2) is 0 Å². The lowest BCUT2D eigenvalue weighted by Gasteiger charge is -2.23. The molecule has 0 fully saturated rings. The van der Waals surface area contributed by atoms with Crippen molar-refractivity contribution in [3.05, 3.63) is 28.8 Å². The van der Waals surface area contributed by atoms with E-state index in [-0.39, 0.29) is 17.9 Å². The zero-order chi connectivity index (χ0) is 13.9. The molecule has 2 unspecified atom stereocenters. The van der Waals surface area contributed by atoms with Gasteiger partial charge in [-0.3, -0.25) is 0 Å². The van der Waals surface area contributed by atoms with E-state index >= 15 is 0 Å². The van der Waals surface area contributed by atoms with E-state index in [1.54, 1.807) is 7.11 Å². The van der Waals surface area contributed by atoms with E-state index in [4.69, 9.17) is 10.5 Å². The predicted octanol–water partition coefficient (Wildman–Crippen LogP) is 3.11. The molecule has 0 saturated heterocycles. The van der Waals surface area contributed by atoms with Gasteiger partial charge >= 0.3 is 0 Å². The van der Waals surface area contributed by atoms with Crippen LogP contribution in [0.3, 0.4) is 0 Å². The van der Waals surface area contributed by atoms with Crippen molar-refractivity contribution in [1.82, 2.24) is 0 Å². The monoisotopic (exact) mass is 246 g/mol. The molecule has 1 rings (SSSR count). The fraction of sp³-hybridized carbons (Fsp3) is 0.533. The Balaban J connectivity index is 3.18. The first-order chi connectivity index (χ1) is 8.42. The lowest BCUT2D eigenvalue weighted by molar-refractivity contribution is 0.398. The normalized spacial score (nSPS) is 14.1. The number of ether oxygens (including phenoxy) is 1. The highest BCUT2D eigenvalue weighted by Crippen LogP contribution is 2.31. The number of aryl methyl sites for hydroxylation is 2. The smallest absolute Gasteiger partial charge is 0.122 e. The van der Waals surface area contributed by atoms with Gasteiger partial charge in [0.2, 0.25) is 0 Å². The minimum absolute atomic E-state index is 0.170. The zero-order valence-corrected chi connectivity index (χ0v) is 11.8. The third kappa shape index (κ3) is 2.83. The molecule has 3 nitrogen and oxygen atoms in total. The van der Waals surface area contributed by atoms with E-state index in [9.17, 15) is 5.26 Å². The van der Waals surface area contributed by atoms with Gasteiger partial charge in [0.25, 0.3) is 0 Å². The second-order valence-corrected chi connectivity index (χ2v) is 5.10. The van der Waals surface area contributed by atoms with Gasteiger partial charge in [-0.1, -0.05) is 19.9 Å². The molecule has 2 N–H and O–H groups in total. The van der Waals surface area contributed by atoms with Gasteiger partial charge < -0.3 is 10.5 Å². The first-order valence-corrected chi connectivity index (χ1v) is 6.22. The molecule has 1 aromatic carbocycles. The summed E-state index contributed by atoms with van der Waals surface area (Å²) in [5.41, 5.74) is 9.41. The van der Waals surface area contributed by atoms with Crippen molar-refractivity contribution in [2.75, 3.05) is 7.11 Å². The Labute approximate surface area is 110 Å². The van der Waals surface area contributed by atoms with Gasteiger partial charge in [0.15, 0.2) is 0 Å². The summed E-state index contributed by atoms with van der Waals surface area (Å²) in [5.74, 6) is 0.935. The lowest BCUT2D eigenvalue weighted by atomic mass is 9.84. The highest BCUT2D eigenvalue weighted by molar-refractivity contribution is 5.43. The van der Waals surface area contributed by atoms with Crippen LogP contribution in [0.4, 0.5) is 0 Å². The largest absolute Gasteiger partial charge is 0.496 e. The van der Waals surface area contributed by atoms with Crippen LogP contribution >= 0.6 is 0 Å². The molecular weight excluding hydrogens is 224 g/mol. The molecule has 2 atom stereocenters. The lowest BCUT2D eigenvalue weighted by Crippen LogP contribution is -2.25. The van der Waals surface area contributed by atoms with Crippen molar-refractivity contribution in [2.24, 2.45) is 17.6 Å². The molecule has 0 saturated carbocycles. The summed E-state index contributed by atoms with van der Waals surface area (Å²) in [6, 6.07) is 6.09. The van der Waals surface area contributed by atoms with E-state index in [0.717, 1.165) is 22.4 Å². The van der Waals surface area contributed by atoms with Crippen molar-refractivity contribution in [2.45, 2.75) is 33.7 Å². The van der Waals surface area contributed by atoms with Crippen molar-refractivity contribution < 1.29 is 4.74 Å². The quantitative estimate of drug-likeness (QED) is 0.888. The molecular formula is C15H22N2O. The predicted molar refractivity (Wildman–Crippen MR) is 73.3 cm³/mol. The summed E-state index contributed by atoms with van der Waals surface area (Å²) in [5, 5.41) is 9.23. The maximum Gasteiger partial charge on any atom is 0.122 e. The molecule has 0 amide bonds. The minimum atomic E-state index is -0.250. The molecule has 0 spiro atoms. The third-order valence-corrected chi connectivity index (χ3v) is 3.40. The molecule has 0 radical (unpaired) electrons. The van der Waals surface area contributed by atoms with Gasteiger partial charge in [0.05, 0.1) is 19.1 Å². The van der Waals surface area contributed by atoms with Gasteiger partial charge in [0, 0.05) is 6.04 Å². The Hall–Kier alpha value is -1.53. The second-order valence-electron chi connectivity index (χ2n) is 5.10. The summed E-state index contributed by atoms with van der Waals surface area (Å²) in [7, 11) is 1.66. The van der Waals surface area contributed by atoms with Crippen molar-refractivity contribution in [3.8, 4) is 11.8 Å². The van der Waals surface area contributed by atoms with Gasteiger partial charge in [-0.05, 0) is 42.5 Å². The molecule has 98 valence electrons. The number of nitriles is 1. The number of benzene rings is 1. The maximum atomic E-state index is 9.23.